The second-order valence-electron chi connectivity index (χ2n) is 2.36. The van der Waals surface area contributed by atoms with Gasteiger partial charge >= 0.3 is 0 Å². The third-order valence-electron chi connectivity index (χ3n) is 1.31. The second-order valence-corrected chi connectivity index (χ2v) is 2.36. The van der Waals surface area contributed by atoms with Gasteiger partial charge in [-0.25, -0.2) is 0 Å². The summed E-state index contributed by atoms with van der Waals surface area (Å²) < 4.78 is 0. The maximum Gasteiger partial charge on any atom is 0.0372 e. The van der Waals surface area contributed by atoms with E-state index in [4.69, 9.17) is 0 Å². The molecule has 0 radical (unpaired) electrons. The molecule has 13 heavy (non-hydrogen) atoms. The Morgan fingerprint density at radius 3 is 2.00 bits per heavy atom. The Kier molecular flexibility index (Phi) is 7.23. The average Bonchev–Trinajstić information content (AvgIpc) is 2.62. The van der Waals surface area contributed by atoms with Crippen LogP contribution in [0.2, 0.25) is 0 Å². The molecule has 0 aliphatic rings. The number of rotatable bonds is 0. The van der Waals surface area contributed by atoms with Crippen molar-refractivity contribution < 1.29 is 21.1 Å². The van der Waals surface area contributed by atoms with Crippen LogP contribution >= 0.6 is 0 Å². The molecule has 0 atom stereocenters. The monoisotopic (exact) mass is 355 g/mol. The molecular formula is C10H12N2Pt. The van der Waals surface area contributed by atoms with Crippen LogP contribution in [0.1, 0.15) is 5.69 Å². The Labute approximate surface area is 92.7 Å². The minimum Gasteiger partial charge on any atom is -0.368 e. The first-order valence-corrected chi connectivity index (χ1v) is 3.85. The van der Waals surface area contributed by atoms with Gasteiger partial charge in [0.25, 0.3) is 0 Å². The zero-order chi connectivity index (χ0) is 8.65. The number of H-pyrrole nitrogens is 1. The van der Waals surface area contributed by atoms with E-state index in [9.17, 15) is 0 Å². The number of pyridine rings is 1. The minimum atomic E-state index is 0. The Morgan fingerprint density at radius 1 is 1.08 bits per heavy atom. The molecule has 2 aromatic rings. The summed E-state index contributed by atoms with van der Waals surface area (Å²) >= 11 is 0. The largest absolute Gasteiger partial charge is 0.368 e. The fraction of sp³-hybridized carbons (Fsp3) is 0.100. The summed E-state index contributed by atoms with van der Waals surface area (Å²) in [5.74, 6) is 0. The molecule has 2 heterocycles. The van der Waals surface area contributed by atoms with Crippen LogP contribution in [-0.4, -0.2) is 9.97 Å². The normalized spacial score (nSPS) is 7.77. The van der Waals surface area contributed by atoms with Crippen LogP contribution in [0, 0.1) is 6.92 Å². The van der Waals surface area contributed by atoms with Gasteiger partial charge in [-0.1, -0.05) is 6.07 Å². The van der Waals surface area contributed by atoms with Crippen molar-refractivity contribution >= 4 is 0 Å². The summed E-state index contributed by atoms with van der Waals surface area (Å²) in [5.41, 5.74) is 1.07. The van der Waals surface area contributed by atoms with E-state index < -0.39 is 0 Å². The fourth-order valence-corrected chi connectivity index (χ4v) is 0.726. The molecule has 0 unspecified atom stereocenters. The van der Waals surface area contributed by atoms with E-state index in [2.05, 4.69) is 9.97 Å². The molecule has 0 aliphatic carbocycles. The molecule has 0 saturated carbocycles. The van der Waals surface area contributed by atoms with Crippen LogP contribution in [0.4, 0.5) is 0 Å². The van der Waals surface area contributed by atoms with Gasteiger partial charge in [-0.2, -0.15) is 0 Å². The first-order chi connectivity index (χ1) is 5.89. The Balaban J connectivity index is 0.000000215. The Hall–Kier alpha value is -0.882. The Bertz CT molecular complexity index is 262. The molecule has 0 spiro atoms. The van der Waals surface area contributed by atoms with Crippen LogP contribution < -0.4 is 0 Å². The molecule has 2 aromatic heterocycles. The standard InChI is InChI=1S/C6H7N.C4H5N.Pt/c1-6-4-2-3-5-7-6;1-2-4-5-3-1;/h2-5H,1H3;1-5H;. The molecule has 2 nitrogen and oxygen atoms in total. The molecule has 0 saturated heterocycles. The quantitative estimate of drug-likeness (QED) is 0.773. The number of aryl methyl sites for hydroxylation is 1. The van der Waals surface area contributed by atoms with Crippen LogP contribution in [0.5, 0.6) is 0 Å². The van der Waals surface area contributed by atoms with Gasteiger partial charge in [-0.3, -0.25) is 4.98 Å². The minimum absolute atomic E-state index is 0. The van der Waals surface area contributed by atoms with Gasteiger partial charge in [-0.15, -0.1) is 0 Å². The number of nitrogens with zero attached hydrogens (tertiary/aromatic N) is 1. The summed E-state index contributed by atoms with van der Waals surface area (Å²) in [7, 11) is 0. The maximum atomic E-state index is 3.98. The van der Waals surface area contributed by atoms with Crippen LogP contribution in [0.15, 0.2) is 48.9 Å². The number of hydrogen-bond donors (Lipinski definition) is 1. The third kappa shape index (κ3) is 6.29. The zero-order valence-corrected chi connectivity index (χ0v) is 9.65. The van der Waals surface area contributed by atoms with E-state index in [0.717, 1.165) is 5.69 Å². The van der Waals surface area contributed by atoms with Crippen molar-refractivity contribution in [3.63, 3.8) is 0 Å². The van der Waals surface area contributed by atoms with Crippen molar-refractivity contribution in [1.82, 2.24) is 9.97 Å². The van der Waals surface area contributed by atoms with Crippen molar-refractivity contribution in [2.75, 3.05) is 0 Å². The topological polar surface area (TPSA) is 28.7 Å². The second kappa shape index (κ2) is 7.75. The molecule has 2 rings (SSSR count). The van der Waals surface area contributed by atoms with Crippen molar-refractivity contribution in [3.8, 4) is 0 Å². The first-order valence-electron chi connectivity index (χ1n) is 3.85. The maximum absolute atomic E-state index is 3.98. The van der Waals surface area contributed by atoms with E-state index in [1.165, 1.54) is 0 Å². The number of aromatic nitrogens is 2. The Morgan fingerprint density at radius 2 is 1.77 bits per heavy atom. The van der Waals surface area contributed by atoms with Crippen molar-refractivity contribution in [3.05, 3.63) is 54.6 Å². The van der Waals surface area contributed by atoms with E-state index in [1.54, 1.807) is 6.20 Å². The summed E-state index contributed by atoms with van der Waals surface area (Å²) in [5, 5.41) is 0. The van der Waals surface area contributed by atoms with Gasteiger partial charge in [0.05, 0.1) is 0 Å². The smallest absolute Gasteiger partial charge is 0.0372 e. The van der Waals surface area contributed by atoms with Crippen LogP contribution in [0.3, 0.4) is 0 Å². The van der Waals surface area contributed by atoms with E-state index >= 15 is 0 Å². The average molecular weight is 355 g/mol. The molecular weight excluding hydrogens is 343 g/mol. The molecule has 0 bridgehead atoms. The van der Waals surface area contributed by atoms with Crippen molar-refractivity contribution in [2.45, 2.75) is 6.92 Å². The molecule has 0 amide bonds. The summed E-state index contributed by atoms with van der Waals surface area (Å²) in [6.45, 7) is 1.97. The summed E-state index contributed by atoms with van der Waals surface area (Å²) in [6.07, 6.45) is 5.54. The van der Waals surface area contributed by atoms with Gasteiger partial charge in [0.2, 0.25) is 0 Å². The van der Waals surface area contributed by atoms with E-state index in [1.807, 2.05) is 49.6 Å². The van der Waals surface area contributed by atoms with Crippen molar-refractivity contribution in [1.29, 1.82) is 0 Å². The molecule has 0 fully saturated rings. The zero-order valence-electron chi connectivity index (χ0n) is 7.38. The fourth-order valence-electron chi connectivity index (χ4n) is 0.726. The number of aromatic amines is 1. The predicted octanol–water partition coefficient (Wildman–Crippen LogP) is 2.40. The molecule has 72 valence electrons. The first kappa shape index (κ1) is 12.1. The van der Waals surface area contributed by atoms with Crippen LogP contribution in [-0.2, 0) is 21.1 Å². The van der Waals surface area contributed by atoms with E-state index in [0.29, 0.717) is 0 Å². The van der Waals surface area contributed by atoms with E-state index in [-0.39, 0.29) is 21.1 Å². The summed E-state index contributed by atoms with van der Waals surface area (Å²) in [4.78, 5) is 6.84. The number of nitrogens with one attached hydrogen (secondary N) is 1. The summed E-state index contributed by atoms with van der Waals surface area (Å²) in [6, 6.07) is 9.75. The van der Waals surface area contributed by atoms with Gasteiger partial charge < -0.3 is 4.98 Å². The number of hydrogen-bond acceptors (Lipinski definition) is 1. The molecule has 3 heteroatoms. The third-order valence-corrected chi connectivity index (χ3v) is 1.31. The molecule has 1 N–H and O–H groups in total. The van der Waals surface area contributed by atoms with Gasteiger partial charge in [0.15, 0.2) is 0 Å². The van der Waals surface area contributed by atoms with Crippen LogP contribution in [0.25, 0.3) is 0 Å². The van der Waals surface area contributed by atoms with Gasteiger partial charge in [0, 0.05) is 45.3 Å². The molecule has 0 aromatic carbocycles. The predicted molar refractivity (Wildman–Crippen MR) is 49.8 cm³/mol. The van der Waals surface area contributed by atoms with Gasteiger partial charge in [-0.05, 0) is 31.2 Å². The SMILES string of the molecule is Cc1ccccn1.[Pt].c1cc[nH]c1. The van der Waals surface area contributed by atoms with Gasteiger partial charge in [0.1, 0.15) is 0 Å². The van der Waals surface area contributed by atoms with Crippen molar-refractivity contribution in [2.24, 2.45) is 0 Å². The molecule has 0 aliphatic heterocycles.